The Bertz CT molecular complexity index is 812. The molecule has 1 N–H and O–H groups in total. The van der Waals surface area contributed by atoms with Crippen molar-refractivity contribution >= 4 is 11.8 Å². The summed E-state index contributed by atoms with van der Waals surface area (Å²) in [6.45, 7) is 5.18. The van der Waals surface area contributed by atoms with Gasteiger partial charge in [-0.2, -0.15) is 5.26 Å². The number of rotatable bonds is 2. The van der Waals surface area contributed by atoms with Gasteiger partial charge in [-0.1, -0.05) is 18.2 Å². The third-order valence-corrected chi connectivity index (χ3v) is 2.87. The fraction of sp³-hybridized carbons (Fsp3) is 0.235. The van der Waals surface area contributed by atoms with Gasteiger partial charge in [-0.05, 0) is 39.0 Å². The Labute approximate surface area is 133 Å². The van der Waals surface area contributed by atoms with E-state index in [0.717, 1.165) is 0 Å². The second-order valence-corrected chi connectivity index (χ2v) is 5.85. The molecule has 0 aliphatic rings. The molecule has 2 aromatic rings. The molecule has 0 saturated carbocycles. The molecule has 2 rings (SSSR count). The second-order valence-electron chi connectivity index (χ2n) is 5.85. The van der Waals surface area contributed by atoms with Crippen LogP contribution in [0.2, 0.25) is 0 Å². The predicted octanol–water partition coefficient (Wildman–Crippen LogP) is 3.06. The summed E-state index contributed by atoms with van der Waals surface area (Å²) in [7, 11) is 0. The van der Waals surface area contributed by atoms with Gasteiger partial charge in [0.05, 0.1) is 5.69 Å². The van der Waals surface area contributed by atoms with Gasteiger partial charge < -0.3 is 4.74 Å². The third-order valence-electron chi connectivity index (χ3n) is 2.87. The summed E-state index contributed by atoms with van der Waals surface area (Å²) < 4.78 is 6.47. The fourth-order valence-corrected chi connectivity index (χ4v) is 1.95. The van der Waals surface area contributed by atoms with E-state index in [2.05, 4.69) is 5.32 Å². The first-order valence-corrected chi connectivity index (χ1v) is 7.03. The molecule has 23 heavy (non-hydrogen) atoms. The van der Waals surface area contributed by atoms with Gasteiger partial charge in [-0.3, -0.25) is 14.7 Å². The topological polar surface area (TPSA) is 84.1 Å². The summed E-state index contributed by atoms with van der Waals surface area (Å²) in [5.74, 6) is 0. The van der Waals surface area contributed by atoms with Crippen LogP contribution in [0.15, 0.2) is 47.4 Å². The van der Waals surface area contributed by atoms with Crippen molar-refractivity contribution < 1.29 is 9.53 Å². The second kappa shape index (κ2) is 6.36. The van der Waals surface area contributed by atoms with Crippen molar-refractivity contribution in [1.29, 1.82) is 5.26 Å². The Morgan fingerprint density at radius 1 is 1.22 bits per heavy atom. The summed E-state index contributed by atoms with van der Waals surface area (Å²) in [6.07, 6.45) is 0.788. The first kappa shape index (κ1) is 16.3. The molecule has 6 heteroatoms. The Morgan fingerprint density at radius 3 is 2.43 bits per heavy atom. The van der Waals surface area contributed by atoms with Crippen LogP contribution in [0.25, 0.3) is 5.69 Å². The predicted molar refractivity (Wildman–Crippen MR) is 86.6 cm³/mol. The molecule has 0 aliphatic heterocycles. The van der Waals surface area contributed by atoms with Gasteiger partial charge in [0.2, 0.25) is 0 Å². The molecule has 1 heterocycles. The standard InChI is InChI=1S/C17H17N3O3/c1-17(2,3)23-16(22)19-14-9-10-20(15(21)13(14)11-18)12-7-5-4-6-8-12/h4-10H,1-3H3,(H,19,22). The molecule has 0 radical (unpaired) electrons. The number of hydrogen-bond acceptors (Lipinski definition) is 4. The highest BCUT2D eigenvalue weighted by Gasteiger charge is 2.18. The Hall–Kier alpha value is -3.07. The van der Waals surface area contributed by atoms with Gasteiger partial charge in [0, 0.05) is 11.9 Å². The lowest BCUT2D eigenvalue weighted by Crippen LogP contribution is -2.29. The lowest BCUT2D eigenvalue weighted by atomic mass is 10.2. The van der Waals surface area contributed by atoms with Gasteiger partial charge in [0.25, 0.3) is 5.56 Å². The highest BCUT2D eigenvalue weighted by Crippen LogP contribution is 2.15. The van der Waals surface area contributed by atoms with E-state index < -0.39 is 17.3 Å². The number of carbonyl (C=O) groups is 1. The van der Waals surface area contributed by atoms with E-state index in [9.17, 15) is 14.9 Å². The number of para-hydroxylation sites is 1. The number of pyridine rings is 1. The zero-order chi connectivity index (χ0) is 17.0. The molecule has 0 atom stereocenters. The van der Waals surface area contributed by atoms with Crippen molar-refractivity contribution in [2.45, 2.75) is 26.4 Å². The molecule has 0 spiro atoms. The minimum atomic E-state index is -0.717. The Balaban J connectivity index is 2.38. The number of hydrogen-bond donors (Lipinski definition) is 1. The molecule has 0 aliphatic carbocycles. The largest absolute Gasteiger partial charge is 0.444 e. The maximum Gasteiger partial charge on any atom is 0.412 e. The van der Waals surface area contributed by atoms with Crippen LogP contribution in [0.3, 0.4) is 0 Å². The number of benzene rings is 1. The lowest BCUT2D eigenvalue weighted by Gasteiger charge is -2.20. The zero-order valence-corrected chi connectivity index (χ0v) is 13.2. The van der Waals surface area contributed by atoms with Crippen molar-refractivity contribution in [2.75, 3.05) is 5.32 Å². The molecule has 6 nitrogen and oxygen atoms in total. The monoisotopic (exact) mass is 311 g/mol. The van der Waals surface area contributed by atoms with Gasteiger partial charge in [-0.25, -0.2) is 4.79 Å². The number of nitriles is 1. The summed E-state index contributed by atoms with van der Waals surface area (Å²) in [5, 5.41) is 11.7. The van der Waals surface area contributed by atoms with Gasteiger partial charge in [0.15, 0.2) is 0 Å². The summed E-state index contributed by atoms with van der Waals surface area (Å²) >= 11 is 0. The average molecular weight is 311 g/mol. The maximum absolute atomic E-state index is 12.4. The van der Waals surface area contributed by atoms with Crippen LogP contribution in [0, 0.1) is 11.3 Å². The van der Waals surface area contributed by atoms with E-state index in [0.29, 0.717) is 5.69 Å². The molecule has 1 aromatic heterocycles. The normalized spacial score (nSPS) is 10.7. The molecular weight excluding hydrogens is 294 g/mol. The fourth-order valence-electron chi connectivity index (χ4n) is 1.95. The van der Waals surface area contributed by atoms with Crippen LogP contribution in [-0.4, -0.2) is 16.3 Å². The number of ether oxygens (including phenoxy) is 1. The summed E-state index contributed by atoms with van der Waals surface area (Å²) in [6, 6.07) is 12.3. The first-order valence-electron chi connectivity index (χ1n) is 7.03. The van der Waals surface area contributed by atoms with E-state index >= 15 is 0 Å². The van der Waals surface area contributed by atoms with Crippen molar-refractivity contribution in [3.05, 3.63) is 58.5 Å². The molecule has 0 unspecified atom stereocenters. The van der Waals surface area contributed by atoms with Crippen LogP contribution >= 0.6 is 0 Å². The van der Waals surface area contributed by atoms with Crippen molar-refractivity contribution in [3.63, 3.8) is 0 Å². The average Bonchev–Trinajstić information content (AvgIpc) is 2.46. The van der Waals surface area contributed by atoms with E-state index in [1.807, 2.05) is 12.1 Å². The number of anilines is 1. The van der Waals surface area contributed by atoms with Gasteiger partial charge in [-0.15, -0.1) is 0 Å². The molecule has 0 saturated heterocycles. The molecular formula is C17H17N3O3. The minimum Gasteiger partial charge on any atom is -0.444 e. The van der Waals surface area contributed by atoms with Crippen molar-refractivity contribution in [1.82, 2.24) is 4.57 Å². The minimum absolute atomic E-state index is 0.124. The maximum atomic E-state index is 12.4. The molecule has 0 fully saturated rings. The van der Waals surface area contributed by atoms with Crippen LogP contribution in [0.4, 0.5) is 10.5 Å². The molecule has 1 aromatic carbocycles. The van der Waals surface area contributed by atoms with Crippen LogP contribution in [-0.2, 0) is 4.74 Å². The number of carbonyl (C=O) groups excluding carboxylic acids is 1. The number of nitrogens with one attached hydrogen (secondary N) is 1. The molecule has 118 valence electrons. The highest BCUT2D eigenvalue weighted by atomic mass is 16.6. The summed E-state index contributed by atoms with van der Waals surface area (Å²) in [4.78, 5) is 24.2. The van der Waals surface area contributed by atoms with Gasteiger partial charge >= 0.3 is 6.09 Å². The van der Waals surface area contributed by atoms with Crippen LogP contribution in [0.1, 0.15) is 26.3 Å². The number of nitrogens with zero attached hydrogens (tertiary/aromatic N) is 2. The van der Waals surface area contributed by atoms with Crippen molar-refractivity contribution in [2.24, 2.45) is 0 Å². The summed E-state index contributed by atoms with van der Waals surface area (Å²) in [5.41, 5.74) is -0.568. The van der Waals surface area contributed by atoms with E-state index in [-0.39, 0.29) is 11.3 Å². The third kappa shape index (κ3) is 3.98. The number of amides is 1. The smallest absolute Gasteiger partial charge is 0.412 e. The van der Waals surface area contributed by atoms with Crippen molar-refractivity contribution in [3.8, 4) is 11.8 Å². The van der Waals surface area contributed by atoms with Crippen LogP contribution in [0.5, 0.6) is 0 Å². The highest BCUT2D eigenvalue weighted by molar-refractivity contribution is 5.86. The molecule has 0 bridgehead atoms. The van der Waals surface area contributed by atoms with Crippen LogP contribution < -0.4 is 10.9 Å². The van der Waals surface area contributed by atoms with E-state index in [4.69, 9.17) is 4.74 Å². The van der Waals surface area contributed by atoms with E-state index in [1.165, 1.54) is 16.8 Å². The Morgan fingerprint density at radius 2 is 1.87 bits per heavy atom. The number of aromatic nitrogens is 1. The first-order chi connectivity index (χ1) is 10.8. The van der Waals surface area contributed by atoms with Gasteiger partial charge in [0.1, 0.15) is 17.2 Å². The Kier molecular flexibility index (Phi) is 4.51. The quantitative estimate of drug-likeness (QED) is 0.923. The zero-order valence-electron chi connectivity index (χ0n) is 13.2. The SMILES string of the molecule is CC(C)(C)OC(=O)Nc1ccn(-c2ccccc2)c(=O)c1C#N. The lowest BCUT2D eigenvalue weighted by molar-refractivity contribution is 0.0636. The van der Waals surface area contributed by atoms with E-state index in [1.54, 1.807) is 45.0 Å². The molecule has 1 amide bonds.